The zero-order valence-electron chi connectivity index (χ0n) is 12.4. The molecule has 0 saturated carbocycles. The first-order valence-electron chi connectivity index (χ1n) is 6.90. The van der Waals surface area contributed by atoms with Crippen molar-refractivity contribution in [1.29, 1.82) is 0 Å². The van der Waals surface area contributed by atoms with Gasteiger partial charge in [-0.05, 0) is 37.6 Å². The number of carbonyl (C=O) groups is 1. The van der Waals surface area contributed by atoms with Crippen LogP contribution in [0.2, 0.25) is 5.02 Å². The number of methoxy groups -OCH3 is 1. The van der Waals surface area contributed by atoms with Gasteiger partial charge in [0.05, 0.1) is 7.11 Å². The van der Waals surface area contributed by atoms with Gasteiger partial charge in [0, 0.05) is 36.6 Å². The average molecular weight is 333 g/mol. The van der Waals surface area contributed by atoms with Gasteiger partial charge in [-0.3, -0.25) is 4.79 Å². The monoisotopic (exact) mass is 332 g/mol. The summed E-state index contributed by atoms with van der Waals surface area (Å²) >= 11 is 6.01. The molecule has 1 atom stereocenters. The van der Waals surface area contributed by atoms with Gasteiger partial charge in [0.2, 0.25) is 5.91 Å². The van der Waals surface area contributed by atoms with Gasteiger partial charge >= 0.3 is 0 Å². The van der Waals surface area contributed by atoms with Gasteiger partial charge in [0.25, 0.3) is 0 Å². The van der Waals surface area contributed by atoms with E-state index in [1.807, 2.05) is 19.2 Å². The van der Waals surface area contributed by atoms with Gasteiger partial charge in [-0.2, -0.15) is 0 Å². The fourth-order valence-corrected chi connectivity index (χ4v) is 2.71. The maximum Gasteiger partial charge on any atom is 0.224 e. The maximum atomic E-state index is 12.2. The fraction of sp³-hybridized carbons (Fsp3) is 0.533. The molecule has 118 valence electrons. The predicted molar refractivity (Wildman–Crippen MR) is 87.4 cm³/mol. The molecular formula is C15H22Cl2N2O2. The van der Waals surface area contributed by atoms with Crippen molar-refractivity contribution < 1.29 is 9.53 Å². The molecule has 0 bridgehead atoms. The quantitative estimate of drug-likeness (QED) is 0.901. The topological polar surface area (TPSA) is 41.6 Å². The Hall–Kier alpha value is -0.970. The van der Waals surface area contributed by atoms with E-state index in [9.17, 15) is 4.79 Å². The van der Waals surface area contributed by atoms with Crippen LogP contribution in [-0.4, -0.2) is 37.6 Å². The van der Waals surface area contributed by atoms with Gasteiger partial charge < -0.3 is 15.0 Å². The minimum absolute atomic E-state index is 0. The Morgan fingerprint density at radius 2 is 2.29 bits per heavy atom. The number of hydrogen-bond donors (Lipinski definition) is 1. The van der Waals surface area contributed by atoms with Crippen molar-refractivity contribution in [2.75, 3.05) is 20.7 Å². The van der Waals surface area contributed by atoms with E-state index in [1.54, 1.807) is 18.1 Å². The SMILES string of the molecule is COc1ccc(Cl)cc1CN(C)C(=O)CC1CCCN1.Cl. The summed E-state index contributed by atoms with van der Waals surface area (Å²) in [5, 5.41) is 4.00. The highest BCUT2D eigenvalue weighted by Gasteiger charge is 2.20. The molecule has 1 amide bonds. The number of rotatable bonds is 5. The molecule has 1 aliphatic rings. The second-order valence-electron chi connectivity index (χ2n) is 5.20. The third-order valence-electron chi connectivity index (χ3n) is 3.66. The number of amides is 1. The number of nitrogens with one attached hydrogen (secondary N) is 1. The van der Waals surface area contributed by atoms with E-state index in [0.717, 1.165) is 30.7 Å². The van der Waals surface area contributed by atoms with E-state index in [2.05, 4.69) is 5.32 Å². The zero-order chi connectivity index (χ0) is 14.5. The lowest BCUT2D eigenvalue weighted by Gasteiger charge is -2.21. The van der Waals surface area contributed by atoms with Crippen LogP contribution in [0.4, 0.5) is 0 Å². The molecule has 0 radical (unpaired) electrons. The predicted octanol–water partition coefficient (Wildman–Crippen LogP) is 2.87. The van der Waals surface area contributed by atoms with Crippen molar-refractivity contribution in [3.8, 4) is 5.75 Å². The molecule has 1 aromatic rings. The van der Waals surface area contributed by atoms with Crippen LogP contribution in [0.15, 0.2) is 18.2 Å². The fourth-order valence-electron chi connectivity index (χ4n) is 2.51. The molecule has 1 aromatic carbocycles. The number of carbonyl (C=O) groups excluding carboxylic acids is 1. The molecule has 21 heavy (non-hydrogen) atoms. The van der Waals surface area contributed by atoms with Gasteiger partial charge in [-0.1, -0.05) is 11.6 Å². The van der Waals surface area contributed by atoms with Crippen LogP contribution in [0, 0.1) is 0 Å². The van der Waals surface area contributed by atoms with E-state index in [0.29, 0.717) is 24.0 Å². The van der Waals surface area contributed by atoms with Crippen LogP contribution in [0.3, 0.4) is 0 Å². The highest BCUT2D eigenvalue weighted by Crippen LogP contribution is 2.24. The first-order chi connectivity index (χ1) is 9.60. The van der Waals surface area contributed by atoms with Crippen LogP contribution in [-0.2, 0) is 11.3 Å². The molecular weight excluding hydrogens is 311 g/mol. The molecule has 2 rings (SSSR count). The molecule has 1 fully saturated rings. The molecule has 0 spiro atoms. The number of halogens is 2. The van der Waals surface area contributed by atoms with Crippen molar-refractivity contribution in [1.82, 2.24) is 10.2 Å². The highest BCUT2D eigenvalue weighted by molar-refractivity contribution is 6.30. The van der Waals surface area contributed by atoms with Gasteiger partial charge in [0.15, 0.2) is 0 Å². The van der Waals surface area contributed by atoms with E-state index >= 15 is 0 Å². The standard InChI is InChI=1S/C15H21ClN2O2.ClH/c1-18(15(19)9-13-4-3-7-17-13)10-11-8-12(16)5-6-14(11)20-2;/h5-6,8,13,17H,3-4,7,9-10H2,1-2H3;1H. The largest absolute Gasteiger partial charge is 0.496 e. The van der Waals surface area contributed by atoms with Crippen molar-refractivity contribution in [2.45, 2.75) is 31.8 Å². The summed E-state index contributed by atoms with van der Waals surface area (Å²) in [5.41, 5.74) is 0.926. The zero-order valence-corrected chi connectivity index (χ0v) is 14.0. The van der Waals surface area contributed by atoms with Crippen LogP contribution in [0.1, 0.15) is 24.8 Å². The van der Waals surface area contributed by atoms with Crippen molar-refractivity contribution in [2.24, 2.45) is 0 Å². The Kier molecular flexibility index (Phi) is 7.29. The Morgan fingerprint density at radius 3 is 2.90 bits per heavy atom. The van der Waals surface area contributed by atoms with Crippen molar-refractivity contribution in [3.63, 3.8) is 0 Å². The first-order valence-corrected chi connectivity index (χ1v) is 7.27. The van der Waals surface area contributed by atoms with E-state index in [-0.39, 0.29) is 18.3 Å². The molecule has 1 N–H and O–H groups in total. The third kappa shape index (κ3) is 5.06. The van der Waals surface area contributed by atoms with Crippen LogP contribution >= 0.6 is 24.0 Å². The Balaban J connectivity index is 0.00000220. The molecule has 1 aliphatic heterocycles. The van der Waals surface area contributed by atoms with Crippen LogP contribution in [0.5, 0.6) is 5.75 Å². The van der Waals surface area contributed by atoms with Crippen molar-refractivity contribution >= 4 is 29.9 Å². The van der Waals surface area contributed by atoms with Crippen LogP contribution in [0.25, 0.3) is 0 Å². The van der Waals surface area contributed by atoms with E-state index in [4.69, 9.17) is 16.3 Å². The number of hydrogen-bond acceptors (Lipinski definition) is 3. The molecule has 6 heteroatoms. The molecule has 4 nitrogen and oxygen atoms in total. The molecule has 1 saturated heterocycles. The van der Waals surface area contributed by atoms with Gasteiger partial charge in [-0.25, -0.2) is 0 Å². The summed E-state index contributed by atoms with van der Waals surface area (Å²) in [7, 11) is 3.44. The minimum Gasteiger partial charge on any atom is -0.496 e. The summed E-state index contributed by atoms with van der Waals surface area (Å²) in [5.74, 6) is 0.902. The average Bonchev–Trinajstić information content (AvgIpc) is 2.91. The molecule has 0 aliphatic carbocycles. The summed E-state index contributed by atoms with van der Waals surface area (Å²) in [4.78, 5) is 13.9. The second-order valence-corrected chi connectivity index (χ2v) is 5.64. The van der Waals surface area contributed by atoms with E-state index < -0.39 is 0 Å². The van der Waals surface area contributed by atoms with Gasteiger partial charge in [-0.15, -0.1) is 12.4 Å². The number of ether oxygens (including phenoxy) is 1. The third-order valence-corrected chi connectivity index (χ3v) is 3.89. The second kappa shape index (κ2) is 8.47. The molecule has 1 heterocycles. The number of benzene rings is 1. The summed E-state index contributed by atoms with van der Waals surface area (Å²) in [6, 6.07) is 5.78. The lowest BCUT2D eigenvalue weighted by molar-refractivity contribution is -0.130. The first kappa shape index (κ1) is 18.1. The Labute approximate surface area is 137 Å². The molecule has 1 unspecified atom stereocenters. The van der Waals surface area contributed by atoms with Crippen LogP contribution < -0.4 is 10.1 Å². The minimum atomic E-state index is 0. The lowest BCUT2D eigenvalue weighted by Crippen LogP contribution is -2.33. The van der Waals surface area contributed by atoms with E-state index in [1.165, 1.54) is 0 Å². The summed E-state index contributed by atoms with van der Waals surface area (Å²) in [6.07, 6.45) is 2.79. The maximum absolute atomic E-state index is 12.2. The summed E-state index contributed by atoms with van der Waals surface area (Å²) < 4.78 is 5.31. The highest BCUT2D eigenvalue weighted by atomic mass is 35.5. The Bertz CT molecular complexity index is 477. The smallest absolute Gasteiger partial charge is 0.224 e. The van der Waals surface area contributed by atoms with Gasteiger partial charge in [0.1, 0.15) is 5.75 Å². The molecule has 0 aromatic heterocycles. The Morgan fingerprint density at radius 1 is 1.52 bits per heavy atom. The lowest BCUT2D eigenvalue weighted by atomic mass is 10.1. The van der Waals surface area contributed by atoms with Crippen molar-refractivity contribution in [3.05, 3.63) is 28.8 Å². The normalized spacial score (nSPS) is 17.2. The summed E-state index contributed by atoms with van der Waals surface area (Å²) in [6.45, 7) is 1.53. The number of nitrogens with zero attached hydrogens (tertiary/aromatic N) is 1.